The second-order valence-electron chi connectivity index (χ2n) is 5.32. The van der Waals surface area contributed by atoms with Gasteiger partial charge in [0.15, 0.2) is 0 Å². The van der Waals surface area contributed by atoms with Gasteiger partial charge in [0.2, 0.25) is 0 Å². The van der Waals surface area contributed by atoms with Crippen LogP contribution in [0, 0.1) is 0 Å². The van der Waals surface area contributed by atoms with Crippen LogP contribution < -0.4 is 5.73 Å². The Labute approximate surface area is 119 Å². The van der Waals surface area contributed by atoms with Crippen molar-refractivity contribution in [2.24, 2.45) is 5.73 Å². The molecule has 0 aliphatic heterocycles. The van der Waals surface area contributed by atoms with Gasteiger partial charge < -0.3 is 5.73 Å². The Kier molecular flexibility index (Phi) is 8.52. The van der Waals surface area contributed by atoms with E-state index < -0.39 is 0 Å². The van der Waals surface area contributed by atoms with E-state index in [0.29, 0.717) is 6.04 Å². The number of rotatable bonds is 10. The lowest BCUT2D eigenvalue weighted by Gasteiger charge is -2.31. The molecule has 0 bridgehead atoms. The molecule has 0 saturated heterocycles. The summed E-state index contributed by atoms with van der Waals surface area (Å²) in [5, 5.41) is 0. The number of nitrogens with zero attached hydrogens (tertiary/aromatic N) is 1. The number of hydrogen-bond donors (Lipinski definition) is 1. The predicted molar refractivity (Wildman–Crippen MR) is 84.4 cm³/mol. The monoisotopic (exact) mass is 262 g/mol. The highest BCUT2D eigenvalue weighted by atomic mass is 15.2. The molecule has 0 aliphatic carbocycles. The van der Waals surface area contributed by atoms with Crippen molar-refractivity contribution in [3.05, 3.63) is 35.9 Å². The summed E-state index contributed by atoms with van der Waals surface area (Å²) in [6.07, 6.45) is 6.13. The van der Waals surface area contributed by atoms with Gasteiger partial charge in [-0.1, -0.05) is 57.0 Å². The van der Waals surface area contributed by atoms with Crippen LogP contribution in [0.2, 0.25) is 0 Å². The summed E-state index contributed by atoms with van der Waals surface area (Å²) < 4.78 is 0. The Morgan fingerprint density at radius 1 is 1.00 bits per heavy atom. The smallest absolute Gasteiger partial charge is 0.0258 e. The molecule has 1 aromatic rings. The first-order chi connectivity index (χ1) is 9.31. The number of nitrogens with two attached hydrogens (primary N) is 1. The molecule has 2 N–H and O–H groups in total. The van der Waals surface area contributed by atoms with Gasteiger partial charge in [0.05, 0.1) is 0 Å². The minimum Gasteiger partial charge on any atom is -0.329 e. The van der Waals surface area contributed by atoms with E-state index in [9.17, 15) is 0 Å². The second-order valence-corrected chi connectivity index (χ2v) is 5.32. The fourth-order valence-electron chi connectivity index (χ4n) is 2.45. The Hall–Kier alpha value is -0.860. The van der Waals surface area contributed by atoms with Crippen molar-refractivity contribution < 1.29 is 0 Å². The van der Waals surface area contributed by atoms with Gasteiger partial charge in [0.1, 0.15) is 0 Å². The van der Waals surface area contributed by atoms with E-state index in [1.807, 2.05) is 0 Å². The molecule has 2 nitrogen and oxygen atoms in total. The zero-order chi connectivity index (χ0) is 13.9. The Morgan fingerprint density at radius 2 is 1.58 bits per heavy atom. The largest absolute Gasteiger partial charge is 0.329 e. The minimum atomic E-state index is 0.487. The summed E-state index contributed by atoms with van der Waals surface area (Å²) in [6.45, 7) is 7.64. The summed E-state index contributed by atoms with van der Waals surface area (Å²) in [5.74, 6) is 0. The van der Waals surface area contributed by atoms with Gasteiger partial charge >= 0.3 is 0 Å². The first kappa shape index (κ1) is 16.2. The summed E-state index contributed by atoms with van der Waals surface area (Å²) >= 11 is 0. The maximum absolute atomic E-state index is 6.02. The highest BCUT2D eigenvalue weighted by molar-refractivity contribution is 5.16. The van der Waals surface area contributed by atoms with Crippen molar-refractivity contribution in [3.63, 3.8) is 0 Å². The van der Waals surface area contributed by atoms with Crippen molar-refractivity contribution in [2.75, 3.05) is 19.6 Å². The maximum Gasteiger partial charge on any atom is 0.0258 e. The maximum atomic E-state index is 6.02. The van der Waals surface area contributed by atoms with Crippen LogP contribution in [0.1, 0.15) is 45.1 Å². The number of benzene rings is 1. The van der Waals surface area contributed by atoms with Gasteiger partial charge in [-0.2, -0.15) is 0 Å². The zero-order valence-electron chi connectivity index (χ0n) is 12.6. The second kappa shape index (κ2) is 9.99. The highest BCUT2D eigenvalue weighted by Gasteiger charge is 2.16. The molecule has 1 unspecified atom stereocenters. The van der Waals surface area contributed by atoms with E-state index >= 15 is 0 Å². The molecule has 0 spiro atoms. The van der Waals surface area contributed by atoms with Crippen LogP contribution in [0.4, 0.5) is 0 Å². The molecule has 0 aromatic heterocycles. The molecule has 1 atom stereocenters. The third-order valence-electron chi connectivity index (χ3n) is 3.70. The molecular formula is C17H30N2. The molecule has 2 heteroatoms. The van der Waals surface area contributed by atoms with Gasteiger partial charge in [-0.3, -0.25) is 4.90 Å². The molecule has 1 aromatic carbocycles. The third-order valence-corrected chi connectivity index (χ3v) is 3.70. The predicted octanol–water partition coefficient (Wildman–Crippen LogP) is 3.46. The van der Waals surface area contributed by atoms with Crippen LogP contribution in [0.25, 0.3) is 0 Å². The number of hydrogen-bond acceptors (Lipinski definition) is 2. The zero-order valence-corrected chi connectivity index (χ0v) is 12.6. The molecule has 0 aliphatic rings. The normalized spacial score (nSPS) is 12.8. The fraction of sp³-hybridized carbons (Fsp3) is 0.647. The Balaban J connectivity index is 2.60. The van der Waals surface area contributed by atoms with E-state index in [0.717, 1.165) is 13.0 Å². The first-order valence-electron chi connectivity index (χ1n) is 7.79. The summed E-state index contributed by atoms with van der Waals surface area (Å²) in [5.41, 5.74) is 7.42. The average molecular weight is 262 g/mol. The van der Waals surface area contributed by atoms with E-state index in [2.05, 4.69) is 49.1 Å². The van der Waals surface area contributed by atoms with Crippen molar-refractivity contribution in [1.29, 1.82) is 0 Å². The molecule has 1 rings (SSSR count). The lowest BCUT2D eigenvalue weighted by Crippen LogP contribution is -2.43. The average Bonchev–Trinajstić information content (AvgIpc) is 2.46. The topological polar surface area (TPSA) is 29.3 Å². The fourth-order valence-corrected chi connectivity index (χ4v) is 2.45. The van der Waals surface area contributed by atoms with Crippen LogP contribution in [0.15, 0.2) is 30.3 Å². The van der Waals surface area contributed by atoms with Gasteiger partial charge in [-0.25, -0.2) is 0 Å². The molecule has 0 fully saturated rings. The highest BCUT2D eigenvalue weighted by Crippen LogP contribution is 2.11. The molecule has 108 valence electrons. The van der Waals surface area contributed by atoms with Crippen molar-refractivity contribution >= 4 is 0 Å². The van der Waals surface area contributed by atoms with E-state index in [4.69, 9.17) is 5.73 Å². The summed E-state index contributed by atoms with van der Waals surface area (Å²) in [4.78, 5) is 2.60. The van der Waals surface area contributed by atoms with Crippen LogP contribution in [0.3, 0.4) is 0 Å². The van der Waals surface area contributed by atoms with Crippen molar-refractivity contribution in [3.8, 4) is 0 Å². The standard InChI is InChI=1S/C17H30N2/c1-3-5-12-19(13-6-4-2)17(15-18)14-16-10-8-7-9-11-16/h7-11,17H,3-6,12-15,18H2,1-2H3. The van der Waals surface area contributed by atoms with Crippen molar-refractivity contribution in [2.45, 2.75) is 52.0 Å². The van der Waals surface area contributed by atoms with Crippen molar-refractivity contribution in [1.82, 2.24) is 4.90 Å². The molecular weight excluding hydrogens is 232 g/mol. The quantitative estimate of drug-likeness (QED) is 0.699. The SMILES string of the molecule is CCCCN(CCCC)C(CN)Cc1ccccc1. The molecule has 0 heterocycles. The van der Waals surface area contributed by atoms with Crippen LogP contribution >= 0.6 is 0 Å². The van der Waals surface area contributed by atoms with Gasteiger partial charge in [0, 0.05) is 12.6 Å². The molecule has 0 amide bonds. The molecule has 19 heavy (non-hydrogen) atoms. The van der Waals surface area contributed by atoms with E-state index in [1.54, 1.807) is 0 Å². The Morgan fingerprint density at radius 3 is 2.05 bits per heavy atom. The van der Waals surface area contributed by atoms with E-state index in [-0.39, 0.29) is 0 Å². The summed E-state index contributed by atoms with van der Waals surface area (Å²) in [7, 11) is 0. The third kappa shape index (κ3) is 6.22. The lowest BCUT2D eigenvalue weighted by atomic mass is 10.0. The Bertz CT molecular complexity index is 302. The minimum absolute atomic E-state index is 0.487. The van der Waals surface area contributed by atoms with Crippen LogP contribution in [-0.4, -0.2) is 30.6 Å². The van der Waals surface area contributed by atoms with E-state index in [1.165, 1.54) is 44.3 Å². The van der Waals surface area contributed by atoms with Gasteiger partial charge in [-0.05, 0) is 37.9 Å². The lowest BCUT2D eigenvalue weighted by molar-refractivity contribution is 0.193. The van der Waals surface area contributed by atoms with Crippen LogP contribution in [0.5, 0.6) is 0 Å². The molecule has 0 saturated carbocycles. The van der Waals surface area contributed by atoms with Crippen LogP contribution in [-0.2, 0) is 6.42 Å². The van der Waals surface area contributed by atoms with Gasteiger partial charge in [0.25, 0.3) is 0 Å². The number of unbranched alkanes of at least 4 members (excludes halogenated alkanes) is 2. The first-order valence-corrected chi connectivity index (χ1v) is 7.79. The van der Waals surface area contributed by atoms with Gasteiger partial charge in [-0.15, -0.1) is 0 Å². The molecule has 0 radical (unpaired) electrons. The summed E-state index contributed by atoms with van der Waals surface area (Å²) in [6, 6.07) is 11.2.